The number of H-pyrrole nitrogens is 1. The number of aryl methyl sites for hydroxylation is 1. The van der Waals surface area contributed by atoms with Crippen LogP contribution in [0.25, 0.3) is 11.2 Å². The molecule has 0 aliphatic heterocycles. The molecule has 5 nitrogen and oxygen atoms in total. The molecule has 0 spiro atoms. The van der Waals surface area contributed by atoms with E-state index in [-0.39, 0.29) is 5.56 Å². The topological polar surface area (TPSA) is 71.5 Å². The fourth-order valence-electron chi connectivity index (χ4n) is 3.47. The number of aromatic amines is 1. The summed E-state index contributed by atoms with van der Waals surface area (Å²) >= 11 is 1.74. The molecule has 0 unspecified atom stereocenters. The van der Waals surface area contributed by atoms with E-state index in [1.165, 1.54) is 5.01 Å². The standard InChI is InChI=1S/C17H18N4OS/c1-10-9-19-14-8-13(16(22)21-15(14)20-10)11-2-4-12(5-3-11)17-18-6-7-23-17/h6-9,11-12H,2-5H2,1H3,(H,20,21,22). The van der Waals surface area contributed by atoms with Crippen LogP contribution in [0, 0.1) is 6.92 Å². The Balaban J connectivity index is 1.59. The Hall–Kier alpha value is -2.08. The quantitative estimate of drug-likeness (QED) is 0.782. The first-order valence-corrected chi connectivity index (χ1v) is 8.84. The molecule has 0 radical (unpaired) electrons. The fraction of sp³-hybridized carbons (Fsp3) is 0.412. The second kappa shape index (κ2) is 5.85. The number of nitrogens with zero attached hydrogens (tertiary/aromatic N) is 3. The molecule has 1 fully saturated rings. The molecule has 1 aliphatic rings. The van der Waals surface area contributed by atoms with Crippen molar-refractivity contribution in [2.45, 2.75) is 44.4 Å². The van der Waals surface area contributed by atoms with E-state index in [9.17, 15) is 4.79 Å². The number of pyridine rings is 1. The van der Waals surface area contributed by atoms with Crippen LogP contribution >= 0.6 is 11.3 Å². The van der Waals surface area contributed by atoms with Crippen molar-refractivity contribution in [3.8, 4) is 0 Å². The number of thiazole rings is 1. The van der Waals surface area contributed by atoms with Crippen molar-refractivity contribution in [2.24, 2.45) is 0 Å². The van der Waals surface area contributed by atoms with Gasteiger partial charge in [-0.2, -0.15) is 0 Å². The summed E-state index contributed by atoms with van der Waals surface area (Å²) in [6.07, 6.45) is 7.85. The zero-order valence-corrected chi connectivity index (χ0v) is 13.8. The van der Waals surface area contributed by atoms with Crippen molar-refractivity contribution < 1.29 is 0 Å². The molecule has 1 saturated carbocycles. The Morgan fingerprint density at radius 1 is 1.17 bits per heavy atom. The predicted molar refractivity (Wildman–Crippen MR) is 91.0 cm³/mol. The summed E-state index contributed by atoms with van der Waals surface area (Å²) in [6, 6.07) is 1.93. The minimum Gasteiger partial charge on any atom is -0.305 e. The average Bonchev–Trinajstić information content (AvgIpc) is 3.09. The summed E-state index contributed by atoms with van der Waals surface area (Å²) in [5.74, 6) is 0.857. The van der Waals surface area contributed by atoms with Crippen molar-refractivity contribution in [3.05, 3.63) is 50.5 Å². The average molecular weight is 326 g/mol. The molecule has 0 atom stereocenters. The molecule has 3 aromatic heterocycles. The van der Waals surface area contributed by atoms with E-state index in [1.807, 2.05) is 24.6 Å². The monoisotopic (exact) mass is 326 g/mol. The zero-order valence-electron chi connectivity index (χ0n) is 13.0. The SMILES string of the molecule is Cc1cnc2cc(C3CCC(c4nccs4)CC3)c(=O)[nH]c2n1. The predicted octanol–water partition coefficient (Wildman–Crippen LogP) is 3.52. The Kier molecular flexibility index (Phi) is 3.69. The van der Waals surface area contributed by atoms with Crippen LogP contribution in [0.5, 0.6) is 0 Å². The Labute approximate surface area is 137 Å². The first-order valence-electron chi connectivity index (χ1n) is 7.96. The lowest BCUT2D eigenvalue weighted by atomic mass is 9.79. The Morgan fingerprint density at radius 3 is 2.70 bits per heavy atom. The third-order valence-electron chi connectivity index (χ3n) is 4.68. The van der Waals surface area contributed by atoms with Crippen molar-refractivity contribution in [1.29, 1.82) is 0 Å². The van der Waals surface area contributed by atoms with Gasteiger partial charge >= 0.3 is 0 Å². The summed E-state index contributed by atoms with van der Waals surface area (Å²) in [7, 11) is 0. The summed E-state index contributed by atoms with van der Waals surface area (Å²) in [6.45, 7) is 1.87. The van der Waals surface area contributed by atoms with Gasteiger partial charge in [-0.05, 0) is 44.6 Å². The van der Waals surface area contributed by atoms with E-state index in [4.69, 9.17) is 0 Å². The molecule has 3 aromatic rings. The van der Waals surface area contributed by atoms with Crippen LogP contribution in [0.2, 0.25) is 0 Å². The van der Waals surface area contributed by atoms with E-state index >= 15 is 0 Å². The first kappa shape index (κ1) is 14.5. The van der Waals surface area contributed by atoms with Gasteiger partial charge in [-0.25, -0.2) is 9.97 Å². The number of hydrogen-bond donors (Lipinski definition) is 1. The highest BCUT2D eigenvalue weighted by molar-refractivity contribution is 7.09. The molecule has 1 aliphatic carbocycles. The summed E-state index contributed by atoms with van der Waals surface area (Å²) < 4.78 is 0. The molecule has 0 aromatic carbocycles. The highest BCUT2D eigenvalue weighted by Crippen LogP contribution is 2.40. The molecule has 118 valence electrons. The van der Waals surface area contributed by atoms with E-state index < -0.39 is 0 Å². The second-order valence-electron chi connectivity index (χ2n) is 6.22. The van der Waals surface area contributed by atoms with Gasteiger partial charge in [0.2, 0.25) is 0 Å². The molecule has 4 rings (SSSR count). The lowest BCUT2D eigenvalue weighted by Crippen LogP contribution is -2.20. The lowest BCUT2D eigenvalue weighted by Gasteiger charge is -2.27. The molecule has 0 amide bonds. The highest BCUT2D eigenvalue weighted by Gasteiger charge is 2.26. The van der Waals surface area contributed by atoms with Crippen molar-refractivity contribution in [2.75, 3.05) is 0 Å². The molecule has 6 heteroatoms. The maximum atomic E-state index is 12.4. The van der Waals surface area contributed by atoms with Crippen LogP contribution < -0.4 is 5.56 Å². The van der Waals surface area contributed by atoms with Crippen molar-refractivity contribution in [1.82, 2.24) is 19.9 Å². The largest absolute Gasteiger partial charge is 0.305 e. The van der Waals surface area contributed by atoms with Gasteiger partial charge in [-0.15, -0.1) is 11.3 Å². The Bertz CT molecular complexity index is 879. The maximum Gasteiger partial charge on any atom is 0.253 e. The molecular formula is C17H18N4OS. The van der Waals surface area contributed by atoms with Gasteiger partial charge in [-0.1, -0.05) is 0 Å². The molecule has 23 heavy (non-hydrogen) atoms. The summed E-state index contributed by atoms with van der Waals surface area (Å²) in [4.78, 5) is 28.5. The Morgan fingerprint density at radius 2 is 1.96 bits per heavy atom. The molecule has 0 bridgehead atoms. The number of rotatable bonds is 2. The van der Waals surface area contributed by atoms with Gasteiger partial charge in [0.25, 0.3) is 5.56 Å². The van der Waals surface area contributed by atoms with E-state index in [2.05, 4.69) is 19.9 Å². The van der Waals surface area contributed by atoms with Gasteiger partial charge in [0.1, 0.15) is 5.52 Å². The fourth-order valence-corrected chi connectivity index (χ4v) is 4.28. The zero-order chi connectivity index (χ0) is 15.8. The van der Waals surface area contributed by atoms with Crippen molar-refractivity contribution >= 4 is 22.5 Å². The molecule has 3 heterocycles. The smallest absolute Gasteiger partial charge is 0.253 e. The van der Waals surface area contributed by atoms with Crippen LogP contribution in [0.15, 0.2) is 28.6 Å². The van der Waals surface area contributed by atoms with Gasteiger partial charge in [0.15, 0.2) is 5.65 Å². The van der Waals surface area contributed by atoms with Crippen LogP contribution in [-0.4, -0.2) is 19.9 Å². The normalized spacial score (nSPS) is 21.6. The summed E-state index contributed by atoms with van der Waals surface area (Å²) in [5.41, 5.74) is 3.00. The van der Waals surface area contributed by atoms with Gasteiger partial charge in [0.05, 0.1) is 10.7 Å². The van der Waals surface area contributed by atoms with E-state index in [1.54, 1.807) is 17.5 Å². The maximum absolute atomic E-state index is 12.4. The van der Waals surface area contributed by atoms with E-state index in [0.29, 0.717) is 17.5 Å². The van der Waals surface area contributed by atoms with Gasteiger partial charge in [-0.3, -0.25) is 9.78 Å². The molecule has 0 saturated heterocycles. The lowest BCUT2D eigenvalue weighted by molar-refractivity contribution is 0.394. The summed E-state index contributed by atoms with van der Waals surface area (Å²) in [5, 5.41) is 3.27. The third kappa shape index (κ3) is 2.79. The number of aromatic nitrogens is 4. The minimum atomic E-state index is -0.0184. The van der Waals surface area contributed by atoms with Crippen LogP contribution in [0.4, 0.5) is 0 Å². The third-order valence-corrected chi connectivity index (χ3v) is 5.61. The van der Waals surface area contributed by atoms with Gasteiger partial charge in [0, 0.05) is 29.3 Å². The van der Waals surface area contributed by atoms with Crippen molar-refractivity contribution in [3.63, 3.8) is 0 Å². The molecular weight excluding hydrogens is 308 g/mol. The number of fused-ring (bicyclic) bond motifs is 1. The number of nitrogens with one attached hydrogen (secondary N) is 1. The second-order valence-corrected chi connectivity index (χ2v) is 7.14. The highest BCUT2D eigenvalue weighted by atomic mass is 32.1. The van der Waals surface area contributed by atoms with Crippen LogP contribution in [0.3, 0.4) is 0 Å². The molecule has 1 N–H and O–H groups in total. The minimum absolute atomic E-state index is 0.0184. The number of hydrogen-bond acceptors (Lipinski definition) is 5. The van der Waals surface area contributed by atoms with Gasteiger partial charge < -0.3 is 4.98 Å². The van der Waals surface area contributed by atoms with Crippen LogP contribution in [-0.2, 0) is 0 Å². The van der Waals surface area contributed by atoms with Crippen LogP contribution in [0.1, 0.15) is 53.8 Å². The first-order chi connectivity index (χ1) is 11.2. The van der Waals surface area contributed by atoms with E-state index in [0.717, 1.165) is 42.5 Å².